The van der Waals surface area contributed by atoms with E-state index in [1.807, 2.05) is 42.5 Å². The summed E-state index contributed by atoms with van der Waals surface area (Å²) in [5, 5.41) is 8.94. The van der Waals surface area contributed by atoms with E-state index in [9.17, 15) is 0 Å². The molecule has 0 bridgehead atoms. The second kappa shape index (κ2) is 8.15. The Balaban J connectivity index is 1.71. The molecular formula is C22H21ClN2O. The third-order valence-electron chi connectivity index (χ3n) is 4.16. The maximum Gasteiger partial charge on any atom is 0.138 e. The summed E-state index contributed by atoms with van der Waals surface area (Å²) in [6, 6.07) is 19.4. The number of halogens is 1. The molecule has 0 saturated carbocycles. The van der Waals surface area contributed by atoms with Crippen molar-refractivity contribution < 1.29 is 4.74 Å². The van der Waals surface area contributed by atoms with Crippen LogP contribution in [0, 0.1) is 20.8 Å². The van der Waals surface area contributed by atoms with Crippen LogP contribution in [0.15, 0.2) is 70.9 Å². The molecule has 3 aromatic rings. The standard InChI is InChI=1S/C22H21ClN2O/c1-15-11-16(2)20(17(3)12-15)14-26-22-10-9-19(13-21(22)23)25-24-18-7-5-4-6-8-18/h4-13H,14H2,1-3H3. The van der Waals surface area contributed by atoms with E-state index in [1.54, 1.807) is 6.07 Å². The first-order chi connectivity index (χ1) is 12.5. The fraction of sp³-hybridized carbons (Fsp3) is 0.182. The Morgan fingerprint density at radius 3 is 2.12 bits per heavy atom. The first-order valence-electron chi connectivity index (χ1n) is 8.49. The Kier molecular flexibility index (Phi) is 5.69. The molecule has 0 heterocycles. The van der Waals surface area contributed by atoms with Gasteiger partial charge >= 0.3 is 0 Å². The molecule has 3 nitrogen and oxygen atoms in total. The number of rotatable bonds is 5. The van der Waals surface area contributed by atoms with Crippen molar-refractivity contribution in [1.82, 2.24) is 0 Å². The molecule has 0 aliphatic rings. The zero-order valence-corrected chi connectivity index (χ0v) is 15.9. The molecule has 132 valence electrons. The fourth-order valence-electron chi connectivity index (χ4n) is 2.87. The van der Waals surface area contributed by atoms with Crippen molar-refractivity contribution in [1.29, 1.82) is 0 Å². The van der Waals surface area contributed by atoms with Gasteiger partial charge in [-0.3, -0.25) is 0 Å². The summed E-state index contributed by atoms with van der Waals surface area (Å²) in [5.41, 5.74) is 6.40. The molecule has 3 aromatic carbocycles. The Morgan fingerprint density at radius 2 is 1.46 bits per heavy atom. The monoisotopic (exact) mass is 364 g/mol. The van der Waals surface area contributed by atoms with E-state index in [-0.39, 0.29) is 0 Å². The number of aryl methyl sites for hydroxylation is 3. The van der Waals surface area contributed by atoms with Gasteiger partial charge in [0.05, 0.1) is 16.4 Å². The van der Waals surface area contributed by atoms with E-state index in [0.717, 1.165) is 5.69 Å². The lowest BCUT2D eigenvalue weighted by atomic mass is 10.0. The van der Waals surface area contributed by atoms with Crippen molar-refractivity contribution in [3.8, 4) is 5.75 Å². The van der Waals surface area contributed by atoms with Crippen LogP contribution in [0.25, 0.3) is 0 Å². The van der Waals surface area contributed by atoms with Gasteiger partial charge in [-0.2, -0.15) is 10.2 Å². The molecular weight excluding hydrogens is 344 g/mol. The number of benzene rings is 3. The lowest BCUT2D eigenvalue weighted by molar-refractivity contribution is 0.305. The van der Waals surface area contributed by atoms with Crippen LogP contribution in [0.3, 0.4) is 0 Å². The molecule has 0 spiro atoms. The van der Waals surface area contributed by atoms with E-state index in [4.69, 9.17) is 16.3 Å². The van der Waals surface area contributed by atoms with E-state index < -0.39 is 0 Å². The van der Waals surface area contributed by atoms with Gasteiger partial charge in [-0.05, 0) is 67.8 Å². The smallest absolute Gasteiger partial charge is 0.138 e. The van der Waals surface area contributed by atoms with Gasteiger partial charge in [0.2, 0.25) is 0 Å². The largest absolute Gasteiger partial charge is 0.487 e. The number of azo groups is 1. The molecule has 0 saturated heterocycles. The van der Waals surface area contributed by atoms with E-state index in [0.29, 0.717) is 23.1 Å². The number of hydrogen-bond acceptors (Lipinski definition) is 3. The van der Waals surface area contributed by atoms with E-state index in [1.165, 1.54) is 22.3 Å². The zero-order chi connectivity index (χ0) is 18.5. The minimum Gasteiger partial charge on any atom is -0.487 e. The highest BCUT2D eigenvalue weighted by Crippen LogP contribution is 2.31. The van der Waals surface area contributed by atoms with Gasteiger partial charge in [-0.15, -0.1) is 0 Å². The molecule has 0 fully saturated rings. The van der Waals surface area contributed by atoms with Crippen LogP contribution in [0.5, 0.6) is 5.75 Å². The lowest BCUT2D eigenvalue weighted by Gasteiger charge is -2.13. The Bertz CT molecular complexity index is 913. The van der Waals surface area contributed by atoms with Crippen molar-refractivity contribution in [2.24, 2.45) is 10.2 Å². The Hall–Kier alpha value is -2.65. The van der Waals surface area contributed by atoms with Crippen LogP contribution >= 0.6 is 11.6 Å². The highest BCUT2D eigenvalue weighted by atomic mass is 35.5. The summed E-state index contributed by atoms with van der Waals surface area (Å²) in [6.45, 7) is 6.80. The molecule has 0 N–H and O–H groups in total. The Morgan fingerprint density at radius 1 is 0.808 bits per heavy atom. The second-order valence-corrected chi connectivity index (χ2v) is 6.72. The second-order valence-electron chi connectivity index (χ2n) is 6.32. The summed E-state index contributed by atoms with van der Waals surface area (Å²) in [7, 11) is 0. The predicted octanol–water partition coefficient (Wildman–Crippen LogP) is 7.26. The number of hydrogen-bond donors (Lipinski definition) is 0. The van der Waals surface area contributed by atoms with Crippen LogP contribution in [0.1, 0.15) is 22.3 Å². The molecule has 4 heteroatoms. The van der Waals surface area contributed by atoms with Crippen molar-refractivity contribution in [2.45, 2.75) is 27.4 Å². The maximum absolute atomic E-state index is 6.36. The van der Waals surface area contributed by atoms with Gasteiger partial charge in [0.25, 0.3) is 0 Å². The van der Waals surface area contributed by atoms with Crippen LogP contribution in [-0.2, 0) is 6.61 Å². The number of ether oxygens (including phenoxy) is 1. The average Bonchev–Trinajstić information content (AvgIpc) is 2.61. The molecule has 0 radical (unpaired) electrons. The van der Waals surface area contributed by atoms with Crippen LogP contribution in [-0.4, -0.2) is 0 Å². The Labute approximate surface area is 159 Å². The van der Waals surface area contributed by atoms with Gasteiger partial charge in [-0.1, -0.05) is 47.5 Å². The highest BCUT2D eigenvalue weighted by Gasteiger charge is 2.08. The zero-order valence-electron chi connectivity index (χ0n) is 15.2. The molecule has 0 aromatic heterocycles. The average molecular weight is 365 g/mol. The quantitative estimate of drug-likeness (QED) is 0.438. The van der Waals surface area contributed by atoms with Gasteiger partial charge in [0.1, 0.15) is 12.4 Å². The third-order valence-corrected chi connectivity index (χ3v) is 4.46. The topological polar surface area (TPSA) is 34.0 Å². The predicted molar refractivity (Wildman–Crippen MR) is 107 cm³/mol. The summed E-state index contributed by atoms with van der Waals surface area (Å²) in [6.07, 6.45) is 0. The molecule has 0 atom stereocenters. The highest BCUT2D eigenvalue weighted by molar-refractivity contribution is 6.32. The van der Waals surface area contributed by atoms with Crippen molar-refractivity contribution in [2.75, 3.05) is 0 Å². The summed E-state index contributed by atoms with van der Waals surface area (Å²) in [5.74, 6) is 0.643. The summed E-state index contributed by atoms with van der Waals surface area (Å²) >= 11 is 6.36. The van der Waals surface area contributed by atoms with Crippen molar-refractivity contribution >= 4 is 23.0 Å². The van der Waals surface area contributed by atoms with E-state index >= 15 is 0 Å². The molecule has 0 amide bonds. The number of nitrogens with zero attached hydrogens (tertiary/aromatic N) is 2. The van der Waals surface area contributed by atoms with Gasteiger partial charge in [0, 0.05) is 0 Å². The van der Waals surface area contributed by atoms with Crippen molar-refractivity contribution in [3.05, 3.63) is 87.9 Å². The summed E-state index contributed by atoms with van der Waals surface area (Å²) < 4.78 is 5.94. The van der Waals surface area contributed by atoms with Gasteiger partial charge in [-0.25, -0.2) is 0 Å². The maximum atomic E-state index is 6.36. The molecule has 0 aliphatic carbocycles. The fourth-order valence-corrected chi connectivity index (χ4v) is 3.10. The van der Waals surface area contributed by atoms with Gasteiger partial charge in [0.15, 0.2) is 0 Å². The minimum absolute atomic E-state index is 0.489. The van der Waals surface area contributed by atoms with Gasteiger partial charge < -0.3 is 4.74 Å². The summed E-state index contributed by atoms with van der Waals surface area (Å²) in [4.78, 5) is 0. The lowest BCUT2D eigenvalue weighted by Crippen LogP contribution is -2.01. The van der Waals surface area contributed by atoms with E-state index in [2.05, 4.69) is 43.1 Å². The van der Waals surface area contributed by atoms with Crippen molar-refractivity contribution in [3.63, 3.8) is 0 Å². The molecule has 0 aliphatic heterocycles. The normalized spacial score (nSPS) is 11.1. The SMILES string of the molecule is Cc1cc(C)c(COc2ccc(N=Nc3ccccc3)cc2Cl)c(C)c1. The van der Waals surface area contributed by atoms with Crippen LogP contribution in [0.4, 0.5) is 11.4 Å². The van der Waals surface area contributed by atoms with Crippen LogP contribution in [0.2, 0.25) is 5.02 Å². The first kappa shape index (κ1) is 18.2. The third kappa shape index (κ3) is 4.50. The molecule has 3 rings (SSSR count). The minimum atomic E-state index is 0.489. The first-order valence-corrected chi connectivity index (χ1v) is 8.86. The molecule has 26 heavy (non-hydrogen) atoms. The van der Waals surface area contributed by atoms with Crippen LogP contribution < -0.4 is 4.74 Å². The molecule has 0 unspecified atom stereocenters.